The molecule has 4 heteroatoms. The third-order valence-corrected chi connectivity index (χ3v) is 5.09. The van der Waals surface area contributed by atoms with Crippen LogP contribution in [0.4, 0.5) is 0 Å². The molecule has 30 heavy (non-hydrogen) atoms. The first-order valence-corrected chi connectivity index (χ1v) is 10.1. The van der Waals surface area contributed by atoms with Gasteiger partial charge in [-0.15, -0.1) is 0 Å². The van der Waals surface area contributed by atoms with Gasteiger partial charge in [-0.3, -0.25) is 4.79 Å². The summed E-state index contributed by atoms with van der Waals surface area (Å²) in [6, 6.07) is 29.0. The van der Waals surface area contributed by atoms with Crippen LogP contribution in [0, 0.1) is 0 Å². The lowest BCUT2D eigenvalue weighted by Gasteiger charge is -2.26. The third kappa shape index (κ3) is 5.23. The minimum atomic E-state index is -0.304. The maximum absolute atomic E-state index is 12.7. The van der Waals surface area contributed by atoms with Crippen LogP contribution < -0.4 is 5.32 Å². The quantitative estimate of drug-likeness (QED) is 0.567. The van der Waals surface area contributed by atoms with Gasteiger partial charge >= 0.3 is 0 Å². The van der Waals surface area contributed by atoms with Crippen LogP contribution in [0.25, 0.3) is 0 Å². The molecule has 1 aliphatic rings. The van der Waals surface area contributed by atoms with E-state index in [0.717, 1.165) is 11.1 Å². The van der Waals surface area contributed by atoms with Gasteiger partial charge in [0.1, 0.15) is 12.2 Å². The zero-order valence-electron chi connectivity index (χ0n) is 16.7. The van der Waals surface area contributed by atoms with Crippen LogP contribution in [0.1, 0.15) is 21.5 Å². The van der Waals surface area contributed by atoms with Gasteiger partial charge in [-0.05, 0) is 23.3 Å². The minimum absolute atomic E-state index is 0.123. The highest BCUT2D eigenvalue weighted by molar-refractivity contribution is 5.94. The van der Waals surface area contributed by atoms with E-state index >= 15 is 0 Å². The number of carbonyl (C=O) groups is 1. The molecule has 1 aliphatic carbocycles. The van der Waals surface area contributed by atoms with Crippen molar-refractivity contribution in [2.45, 2.75) is 31.5 Å². The maximum Gasteiger partial charge on any atom is 0.251 e. The Hall–Kier alpha value is -3.21. The predicted molar refractivity (Wildman–Crippen MR) is 117 cm³/mol. The highest BCUT2D eigenvalue weighted by Gasteiger charge is 2.34. The van der Waals surface area contributed by atoms with Crippen molar-refractivity contribution in [1.29, 1.82) is 0 Å². The fourth-order valence-electron chi connectivity index (χ4n) is 3.49. The van der Waals surface area contributed by atoms with Gasteiger partial charge in [0.2, 0.25) is 0 Å². The summed E-state index contributed by atoms with van der Waals surface area (Å²) < 4.78 is 12.4. The Morgan fingerprint density at radius 1 is 0.700 bits per heavy atom. The third-order valence-electron chi connectivity index (χ3n) is 5.09. The van der Waals surface area contributed by atoms with Gasteiger partial charge in [-0.25, -0.2) is 0 Å². The average Bonchev–Trinajstić information content (AvgIpc) is 3.19. The summed E-state index contributed by atoms with van der Waals surface area (Å²) >= 11 is 0. The number of amides is 1. The van der Waals surface area contributed by atoms with Crippen LogP contribution in [-0.4, -0.2) is 24.2 Å². The second-order valence-electron chi connectivity index (χ2n) is 7.27. The summed E-state index contributed by atoms with van der Waals surface area (Å²) in [5.74, 6) is -0.123. The van der Waals surface area contributed by atoms with Gasteiger partial charge < -0.3 is 14.8 Å². The van der Waals surface area contributed by atoms with Crippen LogP contribution >= 0.6 is 0 Å². The Morgan fingerprint density at radius 2 is 1.23 bits per heavy atom. The van der Waals surface area contributed by atoms with Crippen molar-refractivity contribution in [3.63, 3.8) is 0 Å². The Balaban J connectivity index is 1.44. The molecule has 0 aromatic heterocycles. The number of ether oxygens (including phenoxy) is 2. The van der Waals surface area contributed by atoms with Gasteiger partial charge in [0.05, 0.1) is 19.3 Å². The Labute approximate surface area is 177 Å². The number of hydrogen-bond acceptors (Lipinski definition) is 3. The fraction of sp³-hybridized carbons (Fsp3) is 0.192. The van der Waals surface area contributed by atoms with Crippen LogP contribution in [0.3, 0.4) is 0 Å². The lowest BCUT2D eigenvalue weighted by atomic mass is 10.1. The summed E-state index contributed by atoms with van der Waals surface area (Å²) in [7, 11) is 0. The lowest BCUT2D eigenvalue weighted by Crippen LogP contribution is -2.45. The van der Waals surface area contributed by atoms with Gasteiger partial charge in [-0.2, -0.15) is 0 Å². The number of nitrogens with one attached hydrogen (secondary N) is 1. The monoisotopic (exact) mass is 399 g/mol. The number of rotatable bonds is 8. The fourth-order valence-corrected chi connectivity index (χ4v) is 3.49. The maximum atomic E-state index is 12.7. The minimum Gasteiger partial charge on any atom is -0.368 e. The molecule has 1 amide bonds. The van der Waals surface area contributed by atoms with Gasteiger partial charge in [0.15, 0.2) is 0 Å². The molecule has 4 nitrogen and oxygen atoms in total. The Bertz CT molecular complexity index is 957. The van der Waals surface area contributed by atoms with Gasteiger partial charge in [0, 0.05) is 5.56 Å². The molecule has 0 heterocycles. The molecule has 0 bridgehead atoms. The van der Waals surface area contributed by atoms with Crippen molar-refractivity contribution >= 4 is 5.91 Å². The Morgan fingerprint density at radius 3 is 1.83 bits per heavy atom. The Kier molecular flexibility index (Phi) is 6.70. The molecular weight excluding hydrogens is 374 g/mol. The molecule has 0 radical (unpaired) electrons. The lowest BCUT2D eigenvalue weighted by molar-refractivity contribution is -0.0648. The highest BCUT2D eigenvalue weighted by atomic mass is 16.5. The summed E-state index contributed by atoms with van der Waals surface area (Å²) in [4.78, 5) is 12.7. The summed E-state index contributed by atoms with van der Waals surface area (Å²) in [6.45, 7) is 0.941. The largest absolute Gasteiger partial charge is 0.368 e. The summed E-state index contributed by atoms with van der Waals surface area (Å²) in [5, 5.41) is 3.08. The molecule has 3 atom stereocenters. The van der Waals surface area contributed by atoms with Crippen molar-refractivity contribution in [1.82, 2.24) is 5.32 Å². The summed E-state index contributed by atoms with van der Waals surface area (Å²) in [5.41, 5.74) is 2.81. The second kappa shape index (κ2) is 10.0. The number of benzene rings is 3. The second-order valence-corrected chi connectivity index (χ2v) is 7.27. The molecule has 0 aliphatic heterocycles. The zero-order valence-corrected chi connectivity index (χ0v) is 16.7. The van der Waals surface area contributed by atoms with E-state index in [1.54, 1.807) is 12.1 Å². The van der Waals surface area contributed by atoms with E-state index in [0.29, 0.717) is 18.8 Å². The first kappa shape index (κ1) is 20.1. The van der Waals surface area contributed by atoms with E-state index in [9.17, 15) is 4.79 Å². The van der Waals surface area contributed by atoms with Gasteiger partial charge in [-0.1, -0.05) is 91.0 Å². The first-order chi connectivity index (χ1) is 14.8. The standard InChI is InChI=1S/C26H25NO3/c28-26(22-14-8-3-9-15-22)27-23-16-17-24(29-18-20-10-4-1-5-11-20)25(23)30-19-21-12-6-2-7-13-21/h1-17,23-25H,18-19H2,(H,27,28)/t23-,24-,25+/m1/s1. The van der Waals surface area contributed by atoms with Crippen molar-refractivity contribution in [3.8, 4) is 0 Å². The van der Waals surface area contributed by atoms with Crippen molar-refractivity contribution in [2.75, 3.05) is 0 Å². The van der Waals surface area contributed by atoms with E-state index < -0.39 is 0 Å². The number of carbonyl (C=O) groups excluding carboxylic acids is 1. The van der Waals surface area contributed by atoms with Crippen molar-refractivity contribution in [2.24, 2.45) is 0 Å². The smallest absolute Gasteiger partial charge is 0.251 e. The van der Waals surface area contributed by atoms with Crippen LogP contribution in [0.5, 0.6) is 0 Å². The molecule has 0 saturated heterocycles. The van der Waals surface area contributed by atoms with E-state index in [2.05, 4.69) is 5.32 Å². The molecule has 0 saturated carbocycles. The SMILES string of the molecule is O=C(N[C@@H]1C=C[C@@H](OCc2ccccc2)[C@H]1OCc1ccccc1)c1ccccc1. The highest BCUT2D eigenvalue weighted by Crippen LogP contribution is 2.22. The predicted octanol–water partition coefficient (Wildman–Crippen LogP) is 4.53. The van der Waals surface area contributed by atoms with E-state index in [1.165, 1.54) is 0 Å². The molecule has 0 fully saturated rings. The normalized spacial score (nSPS) is 20.2. The van der Waals surface area contributed by atoms with Crippen LogP contribution in [0.15, 0.2) is 103 Å². The topological polar surface area (TPSA) is 47.6 Å². The molecular formula is C26H25NO3. The first-order valence-electron chi connectivity index (χ1n) is 10.1. The molecule has 1 N–H and O–H groups in total. The molecule has 0 spiro atoms. The zero-order chi connectivity index (χ0) is 20.6. The van der Waals surface area contributed by atoms with Crippen LogP contribution in [-0.2, 0) is 22.7 Å². The van der Waals surface area contributed by atoms with Gasteiger partial charge in [0.25, 0.3) is 5.91 Å². The van der Waals surface area contributed by atoms with E-state index in [4.69, 9.17) is 9.47 Å². The van der Waals surface area contributed by atoms with Crippen LogP contribution in [0.2, 0.25) is 0 Å². The molecule has 3 aromatic rings. The number of hydrogen-bond donors (Lipinski definition) is 1. The molecule has 152 valence electrons. The summed E-state index contributed by atoms with van der Waals surface area (Å²) in [6.07, 6.45) is 3.40. The molecule has 3 aromatic carbocycles. The molecule has 0 unspecified atom stereocenters. The average molecular weight is 399 g/mol. The molecule has 4 rings (SSSR count). The van der Waals surface area contributed by atoms with Crippen molar-refractivity contribution in [3.05, 3.63) is 120 Å². The van der Waals surface area contributed by atoms with E-state index in [1.807, 2.05) is 91.0 Å². The van der Waals surface area contributed by atoms with E-state index in [-0.39, 0.29) is 24.2 Å². The van der Waals surface area contributed by atoms with Crippen molar-refractivity contribution < 1.29 is 14.3 Å².